The summed E-state index contributed by atoms with van der Waals surface area (Å²) in [7, 11) is 0.780. The minimum Gasteiger partial charge on any atom is -0.448 e. The zero-order valence-electron chi connectivity index (χ0n) is 6.21. The Morgan fingerprint density at radius 3 is 1.83 bits per heavy atom. The Morgan fingerprint density at radius 2 is 1.58 bits per heavy atom. The minimum atomic E-state index is -5.17. The number of halogens is 6. The standard InChI is InChI=1S/C4H7BF6N/c1-12(2-4(6,7)8)3-5(9,10)11/h2-3H2,1H3/q-1. The zero-order chi connectivity index (χ0) is 9.99. The molecule has 0 saturated carbocycles. The maximum Gasteiger partial charge on any atom is 0.492 e. The molecule has 0 rings (SSSR count). The molecule has 0 unspecified atom stereocenters. The van der Waals surface area contributed by atoms with E-state index in [-0.39, 0.29) is 4.90 Å². The maximum absolute atomic E-state index is 11.5. The van der Waals surface area contributed by atoms with Crippen LogP contribution in [0.1, 0.15) is 0 Å². The number of hydrogen-bond acceptors (Lipinski definition) is 1. The normalized spacial score (nSPS) is 14.0. The predicted octanol–water partition coefficient (Wildman–Crippen LogP) is 1.87. The smallest absolute Gasteiger partial charge is 0.448 e. The lowest BCUT2D eigenvalue weighted by Gasteiger charge is -2.24. The van der Waals surface area contributed by atoms with Gasteiger partial charge in [-0.25, -0.2) is 0 Å². The van der Waals surface area contributed by atoms with Crippen LogP contribution in [0.3, 0.4) is 0 Å². The molecule has 0 bridgehead atoms. The first-order valence-corrected chi connectivity index (χ1v) is 3.06. The SMILES string of the molecule is CN(C[B-](F)(F)F)CC(F)(F)F. The lowest BCUT2D eigenvalue weighted by Crippen LogP contribution is -2.40. The molecular weight excluding hydrogens is 187 g/mol. The number of nitrogens with zero attached hydrogens (tertiary/aromatic N) is 1. The van der Waals surface area contributed by atoms with E-state index in [0.717, 1.165) is 7.05 Å². The topological polar surface area (TPSA) is 3.24 Å². The largest absolute Gasteiger partial charge is 0.492 e. The summed E-state index contributed by atoms with van der Waals surface area (Å²) in [6.45, 7) is -6.71. The minimum absolute atomic E-state index is 0.194. The van der Waals surface area contributed by atoms with Crippen LogP contribution in [0.25, 0.3) is 0 Å². The Kier molecular flexibility index (Phi) is 3.43. The summed E-state index contributed by atoms with van der Waals surface area (Å²) in [5, 5.41) is 0. The van der Waals surface area contributed by atoms with E-state index in [1.54, 1.807) is 0 Å². The van der Waals surface area contributed by atoms with Crippen LogP contribution in [-0.4, -0.2) is 38.1 Å². The van der Waals surface area contributed by atoms with Crippen LogP contribution in [-0.2, 0) is 0 Å². The first-order valence-electron chi connectivity index (χ1n) is 3.06. The third kappa shape index (κ3) is 7.71. The highest BCUT2D eigenvalue weighted by atomic mass is 19.4. The van der Waals surface area contributed by atoms with Crippen LogP contribution in [0, 0.1) is 0 Å². The number of hydrogen-bond donors (Lipinski definition) is 0. The lowest BCUT2D eigenvalue weighted by molar-refractivity contribution is -0.141. The van der Waals surface area contributed by atoms with E-state index in [2.05, 4.69) is 0 Å². The molecule has 0 aliphatic rings. The van der Waals surface area contributed by atoms with E-state index in [4.69, 9.17) is 0 Å². The van der Waals surface area contributed by atoms with Crippen LogP contribution in [0.15, 0.2) is 0 Å². The van der Waals surface area contributed by atoms with Crippen molar-refractivity contribution >= 4 is 6.98 Å². The highest BCUT2D eigenvalue weighted by Gasteiger charge is 2.33. The van der Waals surface area contributed by atoms with Crippen LogP contribution < -0.4 is 0 Å². The Balaban J connectivity index is 3.83. The molecule has 0 heterocycles. The molecule has 0 aromatic rings. The van der Waals surface area contributed by atoms with Crippen molar-refractivity contribution in [2.45, 2.75) is 6.18 Å². The van der Waals surface area contributed by atoms with E-state index >= 15 is 0 Å². The third-order valence-corrected chi connectivity index (χ3v) is 0.968. The fraction of sp³-hybridized carbons (Fsp3) is 1.00. The van der Waals surface area contributed by atoms with Gasteiger partial charge in [0.15, 0.2) is 0 Å². The van der Waals surface area contributed by atoms with Crippen molar-refractivity contribution in [1.29, 1.82) is 0 Å². The molecule has 0 aromatic heterocycles. The van der Waals surface area contributed by atoms with Crippen LogP contribution in [0.2, 0.25) is 0 Å². The van der Waals surface area contributed by atoms with Gasteiger partial charge in [-0.15, -0.1) is 0 Å². The van der Waals surface area contributed by atoms with Gasteiger partial charge in [-0.1, -0.05) is 0 Å². The van der Waals surface area contributed by atoms with Crippen LogP contribution >= 0.6 is 0 Å². The molecular formula is C4H7BF6N-. The highest BCUT2D eigenvalue weighted by Crippen LogP contribution is 2.17. The molecule has 0 aromatic carbocycles. The monoisotopic (exact) mass is 194 g/mol. The van der Waals surface area contributed by atoms with Crippen molar-refractivity contribution in [2.75, 3.05) is 20.0 Å². The molecule has 0 atom stereocenters. The van der Waals surface area contributed by atoms with Gasteiger partial charge in [0.1, 0.15) is 0 Å². The molecule has 0 aliphatic carbocycles. The Morgan fingerprint density at radius 1 is 1.17 bits per heavy atom. The Bertz CT molecular complexity index is 123. The van der Waals surface area contributed by atoms with Crippen molar-refractivity contribution in [3.63, 3.8) is 0 Å². The first-order chi connectivity index (χ1) is 5.10. The zero-order valence-corrected chi connectivity index (χ0v) is 6.21. The second-order valence-corrected chi connectivity index (χ2v) is 2.52. The fourth-order valence-electron chi connectivity index (χ4n) is 0.724. The second-order valence-electron chi connectivity index (χ2n) is 2.52. The molecule has 0 N–H and O–H groups in total. The van der Waals surface area contributed by atoms with Gasteiger partial charge >= 0.3 is 13.2 Å². The van der Waals surface area contributed by atoms with E-state index in [0.29, 0.717) is 0 Å². The Labute approximate surface area is 65.4 Å². The van der Waals surface area contributed by atoms with Gasteiger partial charge in [0.05, 0.1) is 6.54 Å². The number of alkyl halides is 3. The van der Waals surface area contributed by atoms with Crippen molar-refractivity contribution in [3.8, 4) is 0 Å². The quantitative estimate of drug-likeness (QED) is 0.489. The highest BCUT2D eigenvalue weighted by molar-refractivity contribution is 6.58. The van der Waals surface area contributed by atoms with Gasteiger partial charge in [-0.2, -0.15) is 13.2 Å². The molecule has 0 fully saturated rings. The van der Waals surface area contributed by atoms with Gasteiger partial charge in [0, 0.05) is 0 Å². The molecule has 0 amide bonds. The average Bonchev–Trinajstić information content (AvgIpc) is 1.49. The van der Waals surface area contributed by atoms with Gasteiger partial charge in [-0.3, -0.25) is 0 Å². The van der Waals surface area contributed by atoms with Gasteiger partial charge in [0.2, 0.25) is 0 Å². The lowest BCUT2D eigenvalue weighted by atomic mass is 9.91. The summed E-state index contributed by atoms with van der Waals surface area (Å²) in [6, 6.07) is 0. The number of rotatable bonds is 3. The third-order valence-electron chi connectivity index (χ3n) is 0.968. The molecule has 0 spiro atoms. The molecule has 12 heavy (non-hydrogen) atoms. The molecule has 0 aliphatic heterocycles. The summed E-state index contributed by atoms with van der Waals surface area (Å²) < 4.78 is 69.0. The predicted molar refractivity (Wildman–Crippen MR) is 32.6 cm³/mol. The van der Waals surface area contributed by atoms with E-state index in [9.17, 15) is 26.1 Å². The van der Waals surface area contributed by atoms with Gasteiger partial charge < -0.3 is 17.8 Å². The molecule has 74 valence electrons. The summed E-state index contributed by atoms with van der Waals surface area (Å²) in [4.78, 5) is 0.194. The molecule has 1 nitrogen and oxygen atoms in total. The van der Waals surface area contributed by atoms with Crippen LogP contribution in [0.5, 0.6) is 0 Å². The van der Waals surface area contributed by atoms with E-state index < -0.39 is 26.1 Å². The Hall–Kier alpha value is -0.395. The van der Waals surface area contributed by atoms with Crippen molar-refractivity contribution < 1.29 is 26.1 Å². The van der Waals surface area contributed by atoms with Crippen molar-refractivity contribution in [3.05, 3.63) is 0 Å². The summed E-state index contributed by atoms with van der Waals surface area (Å²) in [6.07, 6.45) is -6.06. The van der Waals surface area contributed by atoms with Crippen LogP contribution in [0.4, 0.5) is 26.1 Å². The molecule has 0 radical (unpaired) electrons. The maximum atomic E-state index is 11.5. The van der Waals surface area contributed by atoms with E-state index in [1.165, 1.54) is 0 Å². The summed E-state index contributed by atoms with van der Waals surface area (Å²) in [5.41, 5.74) is 0. The molecule has 8 heteroatoms. The second kappa shape index (κ2) is 3.55. The van der Waals surface area contributed by atoms with E-state index in [1.807, 2.05) is 0 Å². The summed E-state index contributed by atoms with van der Waals surface area (Å²) in [5.74, 6) is 0. The van der Waals surface area contributed by atoms with Crippen molar-refractivity contribution in [1.82, 2.24) is 4.90 Å². The molecule has 0 saturated heterocycles. The van der Waals surface area contributed by atoms with Crippen molar-refractivity contribution in [2.24, 2.45) is 0 Å². The fourth-order valence-corrected chi connectivity index (χ4v) is 0.724. The summed E-state index contributed by atoms with van der Waals surface area (Å²) >= 11 is 0. The van der Waals surface area contributed by atoms with Gasteiger partial charge in [-0.05, 0) is 13.5 Å². The average molecular weight is 194 g/mol. The van der Waals surface area contributed by atoms with Gasteiger partial charge in [0.25, 0.3) is 0 Å². The first kappa shape index (κ1) is 11.6.